The van der Waals surface area contributed by atoms with E-state index >= 15 is 0 Å². The van der Waals surface area contributed by atoms with Crippen LogP contribution in [0, 0.1) is 63.7 Å². The fourth-order valence-corrected chi connectivity index (χ4v) is 2.47. The van der Waals surface area contributed by atoms with Gasteiger partial charge < -0.3 is 4.74 Å². The summed E-state index contributed by atoms with van der Waals surface area (Å²) in [6.45, 7) is 0. The molecule has 1 aromatic heterocycles. The Balaban J connectivity index is 0.000000379. The van der Waals surface area contributed by atoms with Crippen LogP contribution in [-0.4, -0.2) is 20.5 Å². The molecule has 0 aliphatic heterocycles. The van der Waals surface area contributed by atoms with Crippen molar-refractivity contribution in [3.63, 3.8) is 0 Å². The molecule has 1 unspecified atom stereocenters. The van der Waals surface area contributed by atoms with Crippen LogP contribution in [0.5, 0.6) is 5.75 Å². The molecule has 7 heteroatoms. The number of nitrogens with zero attached hydrogens (tertiary/aromatic N) is 3. The van der Waals surface area contributed by atoms with E-state index in [9.17, 15) is 4.79 Å². The minimum atomic E-state index is -0.879. The number of hydrogen-bond acceptors (Lipinski definition) is 4. The number of halogens is 1. The van der Waals surface area contributed by atoms with E-state index in [2.05, 4.69) is 26.0 Å². The Bertz CT molecular complexity index is 661. The quantitative estimate of drug-likeness (QED) is 0.633. The van der Waals surface area contributed by atoms with Crippen molar-refractivity contribution in [3.05, 3.63) is 105 Å². The van der Waals surface area contributed by atoms with Crippen LogP contribution in [0.2, 0.25) is 0 Å². The second-order valence-corrected chi connectivity index (χ2v) is 6.22. The summed E-state index contributed by atoms with van der Waals surface area (Å²) in [5, 5.41) is 4.01. The molecular formula is C20H16BrFeN3O2+2. The summed E-state index contributed by atoms with van der Waals surface area (Å²) < 4.78 is 8.13. The Morgan fingerprint density at radius 2 is 1.56 bits per heavy atom. The molecule has 2 aliphatic carbocycles. The number of carbonyl (C=O) groups is 1. The van der Waals surface area contributed by atoms with Crippen LogP contribution in [0.1, 0.15) is 6.23 Å². The van der Waals surface area contributed by atoms with Crippen molar-refractivity contribution in [2.24, 2.45) is 0 Å². The molecule has 5 nitrogen and oxygen atoms in total. The summed E-state index contributed by atoms with van der Waals surface area (Å²) in [5.41, 5.74) is 0. The van der Waals surface area contributed by atoms with E-state index in [1.807, 2.05) is 57.1 Å². The Labute approximate surface area is 179 Å². The maximum Gasteiger partial charge on any atom is 2.00 e. The molecule has 0 saturated heterocycles. The number of ketones is 1. The van der Waals surface area contributed by atoms with Gasteiger partial charge in [-0.05, 0) is 82.1 Å². The van der Waals surface area contributed by atoms with E-state index in [0.29, 0.717) is 11.7 Å². The number of hydrogen-bond donors (Lipinski definition) is 0. The first-order chi connectivity index (χ1) is 12.7. The van der Waals surface area contributed by atoms with Gasteiger partial charge in [0, 0.05) is 4.47 Å². The van der Waals surface area contributed by atoms with Crippen molar-refractivity contribution in [2.45, 2.75) is 6.23 Å². The van der Waals surface area contributed by atoms with E-state index in [1.54, 1.807) is 25.0 Å². The minimum absolute atomic E-state index is 0. The van der Waals surface area contributed by atoms with Gasteiger partial charge in [-0.2, -0.15) is 5.10 Å². The van der Waals surface area contributed by atoms with E-state index < -0.39 is 6.23 Å². The van der Waals surface area contributed by atoms with Gasteiger partial charge in [0.2, 0.25) is 5.78 Å². The molecule has 0 bridgehead atoms. The average molecular weight is 466 g/mol. The van der Waals surface area contributed by atoms with E-state index in [-0.39, 0.29) is 22.9 Å². The van der Waals surface area contributed by atoms with Crippen molar-refractivity contribution in [2.75, 3.05) is 0 Å². The van der Waals surface area contributed by atoms with Crippen molar-refractivity contribution >= 4 is 21.7 Å². The molecule has 0 amide bonds. The first-order valence-corrected chi connectivity index (χ1v) is 8.72. The summed E-state index contributed by atoms with van der Waals surface area (Å²) in [5.74, 6) is 0.986. The van der Waals surface area contributed by atoms with Gasteiger partial charge in [-0.15, -0.1) is 0 Å². The molecule has 1 aromatic carbocycles. The molecule has 4 rings (SSSR count). The molecule has 0 N–H and O–H groups in total. The van der Waals surface area contributed by atoms with Crippen LogP contribution in [0.25, 0.3) is 0 Å². The van der Waals surface area contributed by atoms with E-state index in [0.717, 1.165) is 4.47 Å². The first-order valence-electron chi connectivity index (χ1n) is 7.93. The summed E-state index contributed by atoms with van der Waals surface area (Å²) in [7, 11) is 0. The van der Waals surface area contributed by atoms with Crippen molar-refractivity contribution in [3.8, 4) is 5.75 Å². The maximum absolute atomic E-state index is 12.6. The Kier molecular flexibility index (Phi) is 9.52. The predicted molar refractivity (Wildman–Crippen MR) is 101 cm³/mol. The van der Waals surface area contributed by atoms with E-state index in [4.69, 9.17) is 4.74 Å². The number of aromatic nitrogens is 3. The van der Waals surface area contributed by atoms with Gasteiger partial charge in [0.25, 0.3) is 6.23 Å². The Morgan fingerprint density at radius 1 is 0.963 bits per heavy atom. The molecule has 1 heterocycles. The summed E-state index contributed by atoms with van der Waals surface area (Å²) >= 11 is 3.36. The predicted octanol–water partition coefficient (Wildman–Crippen LogP) is 3.61. The van der Waals surface area contributed by atoms with Crippen molar-refractivity contribution in [1.82, 2.24) is 14.8 Å². The summed E-state index contributed by atoms with van der Waals surface area (Å²) in [6.07, 6.45) is 19.1. The van der Waals surface area contributed by atoms with Crippen LogP contribution < -0.4 is 4.74 Å². The van der Waals surface area contributed by atoms with Crippen molar-refractivity contribution < 1.29 is 26.6 Å². The molecular weight excluding hydrogens is 450 g/mol. The standard InChI is InChI=1S/C15H11BrN3O2.C5H5.Fe/c16-12-5-7-13(8-6-12)21-15(19-10-17-9-18-19)14(20)11-3-1-2-4-11;1-2-4-5-3-1;/h1-10,15H;1-5H;/q;;+2. The fourth-order valence-electron chi connectivity index (χ4n) is 2.21. The zero-order chi connectivity index (χ0) is 18.2. The monoisotopic (exact) mass is 465 g/mol. The second-order valence-electron chi connectivity index (χ2n) is 5.30. The molecule has 2 fully saturated rings. The molecule has 0 spiro atoms. The minimum Gasteiger partial charge on any atom is -0.461 e. The van der Waals surface area contributed by atoms with Crippen molar-refractivity contribution in [1.29, 1.82) is 0 Å². The molecule has 1 atom stereocenters. The third-order valence-corrected chi connectivity index (χ3v) is 3.99. The molecule has 2 saturated carbocycles. The molecule has 2 aromatic rings. The smallest absolute Gasteiger partial charge is 0.461 e. The Morgan fingerprint density at radius 3 is 2.07 bits per heavy atom. The SMILES string of the molecule is O=C([C]1[CH][CH][CH][CH]1)C(Oc1ccc(Br)cc1)n1cncn1.[CH]1[CH][CH][CH][CH]1.[Fe+2]. The summed E-state index contributed by atoms with van der Waals surface area (Å²) in [4.78, 5) is 16.4. The third-order valence-electron chi connectivity index (χ3n) is 3.47. The number of Topliss-reactive ketones (excluding diaryl/α,β-unsaturated/α-hetero) is 1. The van der Waals surface area contributed by atoms with Crippen LogP contribution in [0.4, 0.5) is 0 Å². The fraction of sp³-hybridized carbons (Fsp3) is 0.0500. The van der Waals surface area contributed by atoms with E-state index in [1.165, 1.54) is 17.3 Å². The Hall–Kier alpha value is -1.17. The number of rotatable bonds is 5. The van der Waals surface area contributed by atoms with Gasteiger partial charge >= 0.3 is 17.1 Å². The number of carbonyl (C=O) groups excluding carboxylic acids is 1. The topological polar surface area (TPSA) is 57.0 Å². The van der Waals surface area contributed by atoms with Gasteiger partial charge in [0.1, 0.15) is 18.4 Å². The van der Waals surface area contributed by atoms with Gasteiger partial charge in [0.15, 0.2) is 0 Å². The second kappa shape index (κ2) is 11.6. The third kappa shape index (κ3) is 6.74. The van der Waals surface area contributed by atoms with Crippen LogP contribution in [0.3, 0.4) is 0 Å². The maximum atomic E-state index is 12.6. The first kappa shape index (κ1) is 22.1. The molecule has 27 heavy (non-hydrogen) atoms. The van der Waals surface area contributed by atoms with Crippen LogP contribution in [0.15, 0.2) is 41.4 Å². The average Bonchev–Trinajstić information content (AvgIpc) is 3.45. The number of benzene rings is 1. The van der Waals surface area contributed by atoms with Gasteiger partial charge in [-0.1, -0.05) is 15.9 Å². The van der Waals surface area contributed by atoms with Crippen LogP contribution in [-0.2, 0) is 21.9 Å². The molecule has 136 valence electrons. The van der Waals surface area contributed by atoms with Gasteiger partial charge in [-0.3, -0.25) is 4.79 Å². The number of ether oxygens (including phenoxy) is 1. The zero-order valence-electron chi connectivity index (χ0n) is 14.1. The molecule has 2 aliphatic rings. The van der Waals surface area contributed by atoms with Gasteiger partial charge in [0.05, 0.1) is 5.92 Å². The summed E-state index contributed by atoms with van der Waals surface area (Å²) in [6, 6.07) is 7.26. The largest absolute Gasteiger partial charge is 2.00 e. The van der Waals surface area contributed by atoms with Crippen LogP contribution >= 0.6 is 15.9 Å². The zero-order valence-corrected chi connectivity index (χ0v) is 16.8. The molecule has 10 radical (unpaired) electrons. The van der Waals surface area contributed by atoms with Gasteiger partial charge in [-0.25, -0.2) is 9.67 Å². The normalized spacial score (nSPS) is 17.5.